The minimum atomic E-state index is -0.193. The molecule has 1 aromatic carbocycles. The highest BCUT2D eigenvalue weighted by Crippen LogP contribution is 2.18. The largest absolute Gasteiger partial charge is 0.353 e. The van der Waals surface area contributed by atoms with Crippen LogP contribution in [0.2, 0.25) is 0 Å². The fourth-order valence-electron chi connectivity index (χ4n) is 3.67. The zero-order valence-corrected chi connectivity index (χ0v) is 16.6. The van der Waals surface area contributed by atoms with Crippen LogP contribution in [0.1, 0.15) is 34.6 Å². The zero-order valence-electron chi connectivity index (χ0n) is 16.6. The number of carbonyl (C=O) groups is 1. The van der Waals surface area contributed by atoms with E-state index in [1.54, 1.807) is 35.0 Å². The minimum absolute atomic E-state index is 0.0496. The van der Waals surface area contributed by atoms with Crippen LogP contribution < -0.4 is 15.9 Å². The first kappa shape index (κ1) is 18.9. The molecule has 1 unspecified atom stereocenters. The van der Waals surface area contributed by atoms with Crippen LogP contribution in [0.4, 0.5) is 5.82 Å². The van der Waals surface area contributed by atoms with Crippen molar-refractivity contribution in [2.75, 3.05) is 18.0 Å². The number of H-pyrrole nitrogens is 1. The van der Waals surface area contributed by atoms with Crippen LogP contribution in [0, 0.1) is 13.8 Å². The summed E-state index contributed by atoms with van der Waals surface area (Å²) < 4.78 is 1.57. The lowest BCUT2D eigenvalue weighted by molar-refractivity contribution is 0.0933. The molecule has 0 spiro atoms. The number of aromatic amines is 1. The third kappa shape index (κ3) is 4.06. The topological polar surface area (TPSA) is 95.9 Å². The summed E-state index contributed by atoms with van der Waals surface area (Å²) in [6.45, 7) is 5.38. The number of aromatic nitrogens is 4. The van der Waals surface area contributed by atoms with Gasteiger partial charge in [0.1, 0.15) is 0 Å². The van der Waals surface area contributed by atoms with Crippen LogP contribution in [0.15, 0.2) is 47.4 Å². The van der Waals surface area contributed by atoms with Crippen molar-refractivity contribution in [3.63, 3.8) is 0 Å². The first-order valence-electron chi connectivity index (χ1n) is 9.75. The van der Waals surface area contributed by atoms with Gasteiger partial charge in [0.15, 0.2) is 5.82 Å². The van der Waals surface area contributed by atoms with Crippen LogP contribution in [0.5, 0.6) is 0 Å². The molecular formula is C21H24N6O2. The van der Waals surface area contributed by atoms with Gasteiger partial charge in [0.05, 0.1) is 11.4 Å². The molecule has 0 radical (unpaired) electrons. The molecule has 0 aliphatic carbocycles. The molecule has 1 saturated heterocycles. The highest BCUT2D eigenvalue weighted by atomic mass is 16.2. The number of amides is 1. The van der Waals surface area contributed by atoms with Crippen molar-refractivity contribution in [2.24, 2.45) is 0 Å². The summed E-state index contributed by atoms with van der Waals surface area (Å²) in [5.41, 5.74) is 2.81. The average molecular weight is 392 g/mol. The molecule has 3 heterocycles. The van der Waals surface area contributed by atoms with Gasteiger partial charge in [0, 0.05) is 36.6 Å². The number of nitrogens with one attached hydrogen (secondary N) is 2. The van der Waals surface area contributed by atoms with E-state index in [4.69, 9.17) is 0 Å². The Kier molecular flexibility index (Phi) is 5.16. The number of anilines is 1. The number of carbonyl (C=O) groups excluding carboxylic acids is 1. The molecule has 1 aliphatic heterocycles. The van der Waals surface area contributed by atoms with Gasteiger partial charge in [-0.05, 0) is 63.1 Å². The maximum Gasteiger partial charge on any atom is 0.330 e. The number of piperidine rings is 1. The lowest BCUT2D eigenvalue weighted by Crippen LogP contribution is -2.48. The van der Waals surface area contributed by atoms with Gasteiger partial charge in [-0.1, -0.05) is 0 Å². The maximum atomic E-state index is 12.7. The third-order valence-corrected chi connectivity index (χ3v) is 5.21. The fraction of sp³-hybridized carbons (Fsp3) is 0.333. The van der Waals surface area contributed by atoms with Crippen LogP contribution in [-0.4, -0.2) is 44.8 Å². The molecule has 4 rings (SSSR count). The Morgan fingerprint density at radius 1 is 1.14 bits per heavy atom. The van der Waals surface area contributed by atoms with Gasteiger partial charge in [-0.3, -0.25) is 9.36 Å². The van der Waals surface area contributed by atoms with E-state index >= 15 is 0 Å². The summed E-state index contributed by atoms with van der Waals surface area (Å²) in [7, 11) is 0. The van der Waals surface area contributed by atoms with Crippen LogP contribution in [-0.2, 0) is 0 Å². The summed E-state index contributed by atoms with van der Waals surface area (Å²) in [6.07, 6.45) is 3.57. The number of nitrogens with zero attached hydrogens (tertiary/aromatic N) is 4. The van der Waals surface area contributed by atoms with E-state index in [0.717, 1.165) is 42.3 Å². The van der Waals surface area contributed by atoms with Gasteiger partial charge in [-0.25, -0.2) is 4.79 Å². The summed E-state index contributed by atoms with van der Waals surface area (Å²) >= 11 is 0. The number of hydrogen-bond donors (Lipinski definition) is 2. The molecule has 150 valence electrons. The second kappa shape index (κ2) is 7.90. The normalized spacial score (nSPS) is 16.6. The summed E-state index contributed by atoms with van der Waals surface area (Å²) in [5.74, 6) is 0.725. The van der Waals surface area contributed by atoms with Crippen molar-refractivity contribution < 1.29 is 4.79 Å². The molecule has 0 bridgehead atoms. The second-order valence-corrected chi connectivity index (χ2v) is 7.41. The number of imidazole rings is 1. The van der Waals surface area contributed by atoms with E-state index in [-0.39, 0.29) is 17.6 Å². The quantitative estimate of drug-likeness (QED) is 0.708. The van der Waals surface area contributed by atoms with Gasteiger partial charge in [-0.15, -0.1) is 5.10 Å². The lowest BCUT2D eigenvalue weighted by Gasteiger charge is -2.33. The molecular weight excluding hydrogens is 368 g/mol. The fourth-order valence-corrected chi connectivity index (χ4v) is 3.67. The van der Waals surface area contributed by atoms with Crippen molar-refractivity contribution in [1.29, 1.82) is 0 Å². The van der Waals surface area contributed by atoms with Crippen LogP contribution >= 0.6 is 0 Å². The number of aryl methyl sites for hydroxylation is 2. The van der Waals surface area contributed by atoms with Crippen molar-refractivity contribution in [3.05, 3.63) is 70.0 Å². The van der Waals surface area contributed by atoms with Crippen molar-refractivity contribution in [3.8, 4) is 5.69 Å². The molecule has 29 heavy (non-hydrogen) atoms. The Hall–Kier alpha value is -3.42. The molecule has 1 amide bonds. The average Bonchev–Trinajstić information content (AvgIpc) is 3.07. The molecule has 3 aromatic rings. The standard InChI is InChI=1S/C21H24N6O2/c1-14-5-10-19(25-24-14)26-11-3-4-17(13-26)23-20(28)16-6-8-18(9-7-16)27-15(2)12-22-21(27)29/h5-10,12,17H,3-4,11,13H2,1-2H3,(H,22,29)(H,23,28). The molecule has 0 saturated carbocycles. The lowest BCUT2D eigenvalue weighted by atomic mass is 10.0. The predicted octanol–water partition coefficient (Wildman–Crippen LogP) is 1.97. The molecule has 1 atom stereocenters. The highest BCUT2D eigenvalue weighted by molar-refractivity contribution is 5.94. The Labute approximate surface area is 168 Å². The minimum Gasteiger partial charge on any atom is -0.353 e. The van der Waals surface area contributed by atoms with Gasteiger partial charge in [0.25, 0.3) is 5.91 Å². The number of rotatable bonds is 4. The first-order chi connectivity index (χ1) is 14.0. The van der Waals surface area contributed by atoms with E-state index in [0.29, 0.717) is 12.1 Å². The molecule has 8 heteroatoms. The van der Waals surface area contributed by atoms with Gasteiger partial charge < -0.3 is 15.2 Å². The van der Waals surface area contributed by atoms with Gasteiger partial charge in [-0.2, -0.15) is 5.10 Å². The Morgan fingerprint density at radius 3 is 2.59 bits per heavy atom. The molecule has 1 fully saturated rings. The first-order valence-corrected chi connectivity index (χ1v) is 9.75. The van der Waals surface area contributed by atoms with Gasteiger partial charge >= 0.3 is 5.69 Å². The summed E-state index contributed by atoms with van der Waals surface area (Å²) in [4.78, 5) is 29.4. The second-order valence-electron chi connectivity index (χ2n) is 7.41. The smallest absolute Gasteiger partial charge is 0.330 e. The molecule has 8 nitrogen and oxygen atoms in total. The number of benzene rings is 1. The van der Waals surface area contributed by atoms with Gasteiger partial charge in [0.2, 0.25) is 0 Å². The Bertz CT molecular complexity index is 1050. The zero-order chi connectivity index (χ0) is 20.4. The Balaban J connectivity index is 1.42. The van der Waals surface area contributed by atoms with E-state index < -0.39 is 0 Å². The molecule has 1 aliphatic rings. The van der Waals surface area contributed by atoms with E-state index in [9.17, 15) is 9.59 Å². The number of hydrogen-bond acceptors (Lipinski definition) is 5. The van der Waals surface area contributed by atoms with Crippen molar-refractivity contribution in [2.45, 2.75) is 32.7 Å². The van der Waals surface area contributed by atoms with Crippen molar-refractivity contribution in [1.82, 2.24) is 25.1 Å². The van der Waals surface area contributed by atoms with E-state index in [1.165, 1.54) is 0 Å². The summed E-state index contributed by atoms with van der Waals surface area (Å²) in [5, 5.41) is 11.5. The van der Waals surface area contributed by atoms with Crippen LogP contribution in [0.3, 0.4) is 0 Å². The summed E-state index contributed by atoms with van der Waals surface area (Å²) in [6, 6.07) is 11.0. The molecule has 2 N–H and O–H groups in total. The van der Waals surface area contributed by atoms with Crippen molar-refractivity contribution >= 4 is 11.7 Å². The van der Waals surface area contributed by atoms with E-state index in [2.05, 4.69) is 25.4 Å². The van der Waals surface area contributed by atoms with Crippen LogP contribution in [0.25, 0.3) is 5.69 Å². The highest BCUT2D eigenvalue weighted by Gasteiger charge is 2.23. The monoisotopic (exact) mass is 392 g/mol. The predicted molar refractivity (Wildman–Crippen MR) is 111 cm³/mol. The maximum absolute atomic E-state index is 12.7. The van der Waals surface area contributed by atoms with E-state index in [1.807, 2.05) is 26.0 Å². The Morgan fingerprint density at radius 2 is 1.93 bits per heavy atom. The SMILES string of the molecule is Cc1ccc(N2CCCC(NC(=O)c3ccc(-n4c(C)c[nH]c4=O)cc3)C2)nn1. The molecule has 2 aromatic heterocycles. The third-order valence-electron chi connectivity index (χ3n) is 5.21.